The van der Waals surface area contributed by atoms with E-state index in [1.165, 1.54) is 6.92 Å². The molecule has 0 bridgehead atoms. The van der Waals surface area contributed by atoms with Gasteiger partial charge in [-0.15, -0.1) is 0 Å². The van der Waals surface area contributed by atoms with E-state index < -0.39 is 6.03 Å². The first-order chi connectivity index (χ1) is 11.5. The largest absolute Gasteiger partial charge is 0.339 e. The second kappa shape index (κ2) is 8.69. The summed E-state index contributed by atoms with van der Waals surface area (Å²) in [7, 11) is 0. The number of hydrogen-bond donors (Lipinski definition) is 3. The van der Waals surface area contributed by atoms with Gasteiger partial charge in [-0.3, -0.25) is 9.63 Å². The van der Waals surface area contributed by atoms with E-state index in [-0.39, 0.29) is 11.9 Å². The fourth-order valence-electron chi connectivity index (χ4n) is 2.16. The zero-order chi connectivity index (χ0) is 17.4. The van der Waals surface area contributed by atoms with E-state index in [0.717, 1.165) is 11.1 Å². The van der Waals surface area contributed by atoms with Crippen LogP contribution in [0.5, 0.6) is 0 Å². The Hall–Kier alpha value is -2.86. The van der Waals surface area contributed by atoms with Crippen LogP contribution in [0.1, 0.15) is 31.0 Å². The van der Waals surface area contributed by atoms with E-state index >= 15 is 0 Å². The number of rotatable bonds is 6. The molecule has 0 saturated carbocycles. The van der Waals surface area contributed by atoms with Gasteiger partial charge >= 0.3 is 6.03 Å². The average molecular weight is 327 g/mol. The summed E-state index contributed by atoms with van der Waals surface area (Å²) in [4.78, 5) is 28.1. The third-order valence-corrected chi connectivity index (χ3v) is 3.30. The molecule has 0 spiro atoms. The van der Waals surface area contributed by atoms with Crippen LogP contribution in [0.15, 0.2) is 54.6 Å². The van der Waals surface area contributed by atoms with Crippen LogP contribution in [-0.2, 0) is 16.2 Å². The molecule has 0 heterocycles. The number of hydrogen-bond acceptors (Lipinski definition) is 3. The van der Waals surface area contributed by atoms with Crippen molar-refractivity contribution in [1.29, 1.82) is 0 Å². The minimum Gasteiger partial charge on any atom is -0.330 e. The van der Waals surface area contributed by atoms with Crippen LogP contribution in [0, 0.1) is 0 Å². The summed E-state index contributed by atoms with van der Waals surface area (Å²) in [6.07, 6.45) is 0. The lowest BCUT2D eigenvalue weighted by Gasteiger charge is -2.16. The summed E-state index contributed by atoms with van der Waals surface area (Å²) >= 11 is 0. The van der Waals surface area contributed by atoms with E-state index in [1.54, 1.807) is 6.07 Å². The minimum absolute atomic E-state index is 0.139. The van der Waals surface area contributed by atoms with Gasteiger partial charge < -0.3 is 10.6 Å². The fraction of sp³-hybridized carbons (Fsp3) is 0.222. The van der Waals surface area contributed by atoms with Crippen LogP contribution in [0.25, 0.3) is 0 Å². The van der Waals surface area contributed by atoms with E-state index in [9.17, 15) is 9.59 Å². The summed E-state index contributed by atoms with van der Waals surface area (Å²) < 4.78 is 0. The zero-order valence-corrected chi connectivity index (χ0v) is 13.7. The second-order valence-corrected chi connectivity index (χ2v) is 5.38. The van der Waals surface area contributed by atoms with Crippen molar-refractivity contribution in [3.05, 3.63) is 65.7 Å². The Kier molecular flexibility index (Phi) is 6.33. The van der Waals surface area contributed by atoms with Crippen molar-refractivity contribution < 1.29 is 14.4 Å². The quantitative estimate of drug-likeness (QED) is 0.713. The molecule has 0 unspecified atom stereocenters. The Morgan fingerprint density at radius 2 is 1.83 bits per heavy atom. The van der Waals surface area contributed by atoms with Gasteiger partial charge in [0.15, 0.2) is 0 Å². The molecule has 6 heteroatoms. The third kappa shape index (κ3) is 5.73. The Labute approximate surface area is 141 Å². The fourth-order valence-corrected chi connectivity index (χ4v) is 2.16. The molecule has 24 heavy (non-hydrogen) atoms. The predicted molar refractivity (Wildman–Crippen MR) is 92.1 cm³/mol. The molecule has 0 radical (unpaired) electrons. The SMILES string of the molecule is CC(=O)Nc1cccc([C@H](C)NC(=O)NOCc2ccccc2)c1. The number of nitrogens with one attached hydrogen (secondary N) is 3. The first-order valence-corrected chi connectivity index (χ1v) is 7.64. The molecule has 0 aliphatic carbocycles. The van der Waals surface area contributed by atoms with Crippen LogP contribution >= 0.6 is 0 Å². The molecule has 2 aromatic carbocycles. The molecule has 0 aromatic heterocycles. The zero-order valence-electron chi connectivity index (χ0n) is 13.7. The highest BCUT2D eigenvalue weighted by atomic mass is 16.7. The Bertz CT molecular complexity index is 689. The van der Waals surface area contributed by atoms with Gasteiger partial charge in [0.05, 0.1) is 12.6 Å². The van der Waals surface area contributed by atoms with Crippen LogP contribution in [0.3, 0.4) is 0 Å². The molecule has 2 aromatic rings. The Morgan fingerprint density at radius 3 is 2.54 bits per heavy atom. The molecule has 0 aliphatic heterocycles. The van der Waals surface area contributed by atoms with Crippen LogP contribution in [-0.4, -0.2) is 11.9 Å². The molecular formula is C18H21N3O3. The number of amides is 3. The third-order valence-electron chi connectivity index (χ3n) is 3.30. The molecule has 3 N–H and O–H groups in total. The number of carbonyl (C=O) groups excluding carboxylic acids is 2. The number of benzene rings is 2. The monoisotopic (exact) mass is 327 g/mol. The summed E-state index contributed by atoms with van der Waals surface area (Å²) in [5.74, 6) is -0.139. The van der Waals surface area contributed by atoms with E-state index in [4.69, 9.17) is 4.84 Å². The van der Waals surface area contributed by atoms with E-state index in [1.807, 2.05) is 55.5 Å². The first-order valence-electron chi connectivity index (χ1n) is 7.64. The van der Waals surface area contributed by atoms with E-state index in [0.29, 0.717) is 12.3 Å². The van der Waals surface area contributed by atoms with Crippen molar-refractivity contribution in [3.63, 3.8) is 0 Å². The highest BCUT2D eigenvalue weighted by Crippen LogP contribution is 2.17. The van der Waals surface area contributed by atoms with Gasteiger partial charge in [0.1, 0.15) is 0 Å². The molecule has 0 saturated heterocycles. The predicted octanol–water partition coefficient (Wildman–Crippen LogP) is 3.14. The van der Waals surface area contributed by atoms with Gasteiger partial charge in [0, 0.05) is 12.6 Å². The van der Waals surface area contributed by atoms with Gasteiger partial charge in [-0.05, 0) is 30.2 Å². The number of carbonyl (C=O) groups is 2. The van der Waals surface area contributed by atoms with Crippen molar-refractivity contribution in [2.45, 2.75) is 26.5 Å². The Morgan fingerprint density at radius 1 is 1.08 bits per heavy atom. The van der Waals surface area contributed by atoms with Crippen LogP contribution < -0.4 is 16.1 Å². The summed E-state index contributed by atoms with van der Waals surface area (Å²) in [5.41, 5.74) is 4.89. The van der Waals surface area contributed by atoms with Crippen LogP contribution in [0.4, 0.5) is 10.5 Å². The molecule has 1 atom stereocenters. The lowest BCUT2D eigenvalue weighted by atomic mass is 10.1. The van der Waals surface area contributed by atoms with Gasteiger partial charge in [0.2, 0.25) is 5.91 Å². The molecular weight excluding hydrogens is 306 g/mol. The highest BCUT2D eigenvalue weighted by Gasteiger charge is 2.10. The highest BCUT2D eigenvalue weighted by molar-refractivity contribution is 5.88. The first kappa shape index (κ1) is 17.5. The molecule has 3 amide bonds. The maximum atomic E-state index is 11.9. The average Bonchev–Trinajstić information content (AvgIpc) is 2.55. The lowest BCUT2D eigenvalue weighted by molar-refractivity contribution is -0.114. The molecule has 2 rings (SSSR count). The van der Waals surface area contributed by atoms with Gasteiger partial charge in [0.25, 0.3) is 0 Å². The summed E-state index contributed by atoms with van der Waals surface area (Å²) in [5, 5.41) is 5.49. The molecule has 126 valence electrons. The van der Waals surface area contributed by atoms with Crippen molar-refractivity contribution in [3.8, 4) is 0 Å². The number of anilines is 1. The van der Waals surface area contributed by atoms with Crippen LogP contribution in [0.2, 0.25) is 0 Å². The molecule has 0 aliphatic rings. The van der Waals surface area contributed by atoms with Crippen molar-refractivity contribution in [1.82, 2.24) is 10.8 Å². The van der Waals surface area contributed by atoms with Crippen molar-refractivity contribution in [2.24, 2.45) is 0 Å². The smallest absolute Gasteiger partial charge is 0.330 e. The number of urea groups is 1. The standard InChI is InChI=1S/C18H21N3O3/c1-13(16-9-6-10-17(11-16)20-14(2)22)19-18(23)21-24-12-15-7-4-3-5-8-15/h3-11,13H,12H2,1-2H3,(H,20,22)(H2,19,21,23)/t13-/m0/s1. The van der Waals surface area contributed by atoms with Gasteiger partial charge in [-0.1, -0.05) is 42.5 Å². The summed E-state index contributed by atoms with van der Waals surface area (Å²) in [6.45, 7) is 3.59. The van der Waals surface area contributed by atoms with E-state index in [2.05, 4.69) is 16.1 Å². The maximum Gasteiger partial charge on any atom is 0.339 e. The second-order valence-electron chi connectivity index (χ2n) is 5.38. The molecule has 6 nitrogen and oxygen atoms in total. The number of hydroxylamine groups is 1. The topological polar surface area (TPSA) is 79.5 Å². The molecule has 0 fully saturated rings. The normalized spacial score (nSPS) is 11.4. The summed E-state index contributed by atoms with van der Waals surface area (Å²) in [6, 6.07) is 16.2. The maximum absolute atomic E-state index is 11.9. The Balaban J connectivity index is 1.81. The van der Waals surface area contributed by atoms with Gasteiger partial charge in [-0.25, -0.2) is 10.3 Å². The minimum atomic E-state index is -0.427. The van der Waals surface area contributed by atoms with Gasteiger partial charge in [-0.2, -0.15) is 0 Å². The van der Waals surface area contributed by atoms with Crippen molar-refractivity contribution in [2.75, 3.05) is 5.32 Å². The lowest BCUT2D eigenvalue weighted by Crippen LogP contribution is -2.36. The van der Waals surface area contributed by atoms with Crippen molar-refractivity contribution >= 4 is 17.6 Å².